The molecule has 112 valence electrons. The highest BCUT2D eigenvalue weighted by atomic mass is 16.4. The average molecular weight is 299 g/mol. The van der Waals surface area contributed by atoms with E-state index < -0.39 is 17.8 Å². The van der Waals surface area contributed by atoms with Crippen molar-refractivity contribution < 1.29 is 19.5 Å². The van der Waals surface area contributed by atoms with Crippen molar-refractivity contribution in [3.63, 3.8) is 0 Å². The van der Waals surface area contributed by atoms with Gasteiger partial charge in [-0.25, -0.2) is 9.78 Å². The number of carboxylic acid groups (broad SMARTS) is 1. The van der Waals surface area contributed by atoms with Gasteiger partial charge in [0.2, 0.25) is 5.91 Å². The zero-order valence-electron chi connectivity index (χ0n) is 11.4. The van der Waals surface area contributed by atoms with Crippen molar-refractivity contribution in [3.8, 4) is 0 Å². The monoisotopic (exact) mass is 299 g/mol. The molecule has 2 amide bonds. The normalized spacial score (nSPS) is 9.82. The third-order valence-corrected chi connectivity index (χ3v) is 2.74. The van der Waals surface area contributed by atoms with Gasteiger partial charge in [0.1, 0.15) is 5.82 Å². The van der Waals surface area contributed by atoms with Crippen molar-refractivity contribution in [2.45, 2.75) is 0 Å². The van der Waals surface area contributed by atoms with Crippen molar-refractivity contribution in [2.75, 3.05) is 11.9 Å². The van der Waals surface area contributed by atoms with E-state index in [2.05, 4.69) is 15.6 Å². The second kappa shape index (κ2) is 6.98. The fourth-order valence-corrected chi connectivity index (χ4v) is 1.75. The number of anilines is 1. The van der Waals surface area contributed by atoms with Crippen LogP contribution in [0.5, 0.6) is 0 Å². The Morgan fingerprint density at radius 1 is 1.00 bits per heavy atom. The summed E-state index contributed by atoms with van der Waals surface area (Å²) in [6, 6.07) is 10.8. The van der Waals surface area contributed by atoms with E-state index in [9.17, 15) is 14.4 Å². The third-order valence-electron chi connectivity index (χ3n) is 2.74. The fraction of sp³-hybridized carbons (Fsp3) is 0.0667. The molecular weight excluding hydrogens is 286 g/mol. The van der Waals surface area contributed by atoms with Gasteiger partial charge in [-0.3, -0.25) is 9.59 Å². The van der Waals surface area contributed by atoms with E-state index in [1.165, 1.54) is 24.4 Å². The van der Waals surface area contributed by atoms with Gasteiger partial charge in [-0.2, -0.15) is 0 Å². The second-order valence-corrected chi connectivity index (χ2v) is 4.30. The first-order valence-electron chi connectivity index (χ1n) is 6.39. The highest BCUT2D eigenvalue weighted by Crippen LogP contribution is 2.08. The number of benzene rings is 1. The maximum absolute atomic E-state index is 12.0. The Morgan fingerprint density at radius 3 is 2.32 bits per heavy atom. The van der Waals surface area contributed by atoms with E-state index in [4.69, 9.17) is 5.11 Å². The van der Waals surface area contributed by atoms with Gasteiger partial charge in [0.05, 0.1) is 17.7 Å². The molecule has 3 N–H and O–H groups in total. The number of hydrogen-bond acceptors (Lipinski definition) is 4. The summed E-state index contributed by atoms with van der Waals surface area (Å²) >= 11 is 0. The Hall–Kier alpha value is -3.22. The van der Waals surface area contributed by atoms with E-state index in [-0.39, 0.29) is 17.7 Å². The number of rotatable bonds is 5. The molecule has 2 aromatic rings. The van der Waals surface area contributed by atoms with E-state index in [1.54, 1.807) is 24.3 Å². The summed E-state index contributed by atoms with van der Waals surface area (Å²) in [5.74, 6) is -1.93. The lowest BCUT2D eigenvalue weighted by Gasteiger charge is -2.08. The minimum Gasteiger partial charge on any atom is -0.478 e. The Balaban J connectivity index is 1.96. The summed E-state index contributed by atoms with van der Waals surface area (Å²) in [4.78, 5) is 38.6. The molecule has 1 aromatic heterocycles. The van der Waals surface area contributed by atoms with Crippen LogP contribution >= 0.6 is 0 Å². The lowest BCUT2D eigenvalue weighted by atomic mass is 10.1. The van der Waals surface area contributed by atoms with E-state index in [0.717, 1.165) is 0 Å². The molecule has 1 aromatic carbocycles. The van der Waals surface area contributed by atoms with Gasteiger partial charge in [-0.1, -0.05) is 18.2 Å². The van der Waals surface area contributed by atoms with Gasteiger partial charge in [-0.05, 0) is 24.3 Å². The SMILES string of the molecule is O=C(CNC(=O)c1ccccc1C(=O)O)Nc1ccccn1. The Morgan fingerprint density at radius 2 is 1.68 bits per heavy atom. The minimum atomic E-state index is -1.20. The highest BCUT2D eigenvalue weighted by molar-refractivity contribution is 6.06. The molecule has 0 aliphatic rings. The van der Waals surface area contributed by atoms with Crippen LogP contribution in [-0.4, -0.2) is 34.4 Å². The zero-order chi connectivity index (χ0) is 15.9. The first kappa shape index (κ1) is 15.2. The topological polar surface area (TPSA) is 108 Å². The molecule has 0 saturated heterocycles. The predicted octanol–water partition coefficient (Wildman–Crippen LogP) is 1.15. The number of aromatic carboxylic acids is 1. The standard InChI is InChI=1S/C15H13N3O4/c19-13(18-12-7-3-4-8-16-12)9-17-14(20)10-5-1-2-6-11(10)15(21)22/h1-8H,9H2,(H,17,20)(H,21,22)(H,16,18,19). The number of carbonyl (C=O) groups excluding carboxylic acids is 2. The summed E-state index contributed by atoms with van der Waals surface area (Å²) in [6.07, 6.45) is 1.53. The van der Waals surface area contributed by atoms with Crippen LogP contribution in [0.2, 0.25) is 0 Å². The minimum absolute atomic E-state index is 0.000589. The van der Waals surface area contributed by atoms with Crippen LogP contribution in [0.15, 0.2) is 48.7 Å². The molecule has 0 radical (unpaired) electrons. The van der Waals surface area contributed by atoms with Gasteiger partial charge in [0.25, 0.3) is 5.91 Å². The number of nitrogens with one attached hydrogen (secondary N) is 2. The maximum atomic E-state index is 12.0. The van der Waals surface area contributed by atoms with Crippen molar-refractivity contribution >= 4 is 23.6 Å². The summed E-state index contributed by atoms with van der Waals surface area (Å²) in [6.45, 7) is -0.288. The molecule has 0 aliphatic carbocycles. The van der Waals surface area contributed by atoms with Crippen molar-refractivity contribution in [2.24, 2.45) is 0 Å². The van der Waals surface area contributed by atoms with E-state index in [1.807, 2.05) is 0 Å². The van der Waals surface area contributed by atoms with Crippen LogP contribution < -0.4 is 10.6 Å². The van der Waals surface area contributed by atoms with Gasteiger partial charge in [0.15, 0.2) is 0 Å². The van der Waals surface area contributed by atoms with Gasteiger partial charge in [0, 0.05) is 6.20 Å². The van der Waals surface area contributed by atoms with E-state index >= 15 is 0 Å². The quantitative estimate of drug-likeness (QED) is 0.767. The second-order valence-electron chi connectivity index (χ2n) is 4.30. The molecule has 7 heteroatoms. The molecule has 7 nitrogen and oxygen atoms in total. The number of carboxylic acids is 1. The van der Waals surface area contributed by atoms with Crippen LogP contribution in [0.1, 0.15) is 20.7 Å². The number of aromatic nitrogens is 1. The third kappa shape index (κ3) is 3.89. The Kier molecular flexibility index (Phi) is 4.81. The number of pyridine rings is 1. The molecule has 0 bridgehead atoms. The van der Waals surface area contributed by atoms with Crippen molar-refractivity contribution in [1.29, 1.82) is 0 Å². The number of carbonyl (C=O) groups is 3. The zero-order valence-corrected chi connectivity index (χ0v) is 11.4. The highest BCUT2D eigenvalue weighted by Gasteiger charge is 2.16. The maximum Gasteiger partial charge on any atom is 0.336 e. The largest absolute Gasteiger partial charge is 0.478 e. The molecule has 22 heavy (non-hydrogen) atoms. The van der Waals surface area contributed by atoms with Gasteiger partial charge in [-0.15, -0.1) is 0 Å². The smallest absolute Gasteiger partial charge is 0.336 e. The first-order valence-corrected chi connectivity index (χ1v) is 6.39. The molecule has 0 aliphatic heterocycles. The fourth-order valence-electron chi connectivity index (χ4n) is 1.75. The van der Waals surface area contributed by atoms with Crippen LogP contribution in [0.4, 0.5) is 5.82 Å². The van der Waals surface area contributed by atoms with Crippen LogP contribution in [0.25, 0.3) is 0 Å². The summed E-state index contributed by atoms with van der Waals surface area (Å²) < 4.78 is 0. The Bertz CT molecular complexity index is 701. The molecule has 1 heterocycles. The Labute approximate surface area is 126 Å². The van der Waals surface area contributed by atoms with Crippen LogP contribution in [-0.2, 0) is 4.79 Å². The van der Waals surface area contributed by atoms with Crippen molar-refractivity contribution in [3.05, 3.63) is 59.8 Å². The van der Waals surface area contributed by atoms with Crippen LogP contribution in [0.3, 0.4) is 0 Å². The van der Waals surface area contributed by atoms with Gasteiger partial charge >= 0.3 is 5.97 Å². The molecule has 0 saturated carbocycles. The molecular formula is C15H13N3O4. The van der Waals surface area contributed by atoms with Crippen molar-refractivity contribution in [1.82, 2.24) is 10.3 Å². The summed E-state index contributed by atoms with van der Waals surface area (Å²) in [5.41, 5.74) is -0.120. The van der Waals surface area contributed by atoms with Gasteiger partial charge < -0.3 is 15.7 Å². The number of nitrogens with zero attached hydrogens (tertiary/aromatic N) is 1. The number of amides is 2. The molecule has 0 atom stereocenters. The lowest BCUT2D eigenvalue weighted by Crippen LogP contribution is -2.33. The molecule has 0 unspecified atom stereocenters. The first-order chi connectivity index (χ1) is 10.6. The molecule has 0 fully saturated rings. The molecule has 0 spiro atoms. The lowest BCUT2D eigenvalue weighted by molar-refractivity contribution is -0.115. The predicted molar refractivity (Wildman–Crippen MR) is 78.6 cm³/mol. The molecule has 2 rings (SSSR count). The summed E-state index contributed by atoms with van der Waals surface area (Å²) in [7, 11) is 0. The summed E-state index contributed by atoms with van der Waals surface area (Å²) in [5, 5.41) is 13.9. The van der Waals surface area contributed by atoms with Crippen LogP contribution in [0, 0.1) is 0 Å². The van der Waals surface area contributed by atoms with E-state index in [0.29, 0.717) is 5.82 Å². The average Bonchev–Trinajstić information content (AvgIpc) is 2.53. The number of hydrogen-bond donors (Lipinski definition) is 3.